The van der Waals surface area contributed by atoms with E-state index in [2.05, 4.69) is 12.2 Å². The van der Waals surface area contributed by atoms with Crippen molar-refractivity contribution < 1.29 is 5.11 Å². The van der Waals surface area contributed by atoms with E-state index >= 15 is 0 Å². The first-order chi connectivity index (χ1) is 6.36. The van der Waals surface area contributed by atoms with Crippen molar-refractivity contribution in [2.24, 2.45) is 11.8 Å². The Labute approximate surface area is 81.7 Å². The maximum atomic E-state index is 7.00. The summed E-state index contributed by atoms with van der Waals surface area (Å²) in [7, 11) is 1.00. The standard InChI is InChI=1S/C10H19N.CH4O/c1-8-6-9-4-2-3-5-10(9)7-11-8;1-2/h8-11H,2-7H2,1H3;2H,1H3. The van der Waals surface area contributed by atoms with E-state index in [0.29, 0.717) is 0 Å². The quantitative estimate of drug-likeness (QED) is 0.603. The highest BCUT2D eigenvalue weighted by Crippen LogP contribution is 2.34. The maximum absolute atomic E-state index is 7.00. The van der Waals surface area contributed by atoms with Gasteiger partial charge in [0.1, 0.15) is 0 Å². The summed E-state index contributed by atoms with van der Waals surface area (Å²) in [6.45, 7) is 3.62. The molecule has 2 aliphatic rings. The molecule has 1 heterocycles. The van der Waals surface area contributed by atoms with Crippen LogP contribution in [0.1, 0.15) is 39.0 Å². The molecular weight excluding hydrogens is 162 g/mol. The maximum Gasteiger partial charge on any atom is 0.0319 e. The molecule has 0 aromatic rings. The summed E-state index contributed by atoms with van der Waals surface area (Å²) in [5, 5.41) is 10.6. The van der Waals surface area contributed by atoms with Gasteiger partial charge in [0.15, 0.2) is 0 Å². The van der Waals surface area contributed by atoms with E-state index in [0.717, 1.165) is 25.0 Å². The predicted octanol–water partition coefficient (Wildman–Crippen LogP) is 1.78. The van der Waals surface area contributed by atoms with Crippen LogP contribution in [0.3, 0.4) is 0 Å². The molecule has 1 aliphatic carbocycles. The van der Waals surface area contributed by atoms with Crippen LogP contribution >= 0.6 is 0 Å². The molecule has 0 spiro atoms. The van der Waals surface area contributed by atoms with Crippen LogP contribution in [-0.2, 0) is 0 Å². The van der Waals surface area contributed by atoms with Gasteiger partial charge in [-0.05, 0) is 38.1 Å². The second-order valence-electron chi connectivity index (χ2n) is 4.35. The molecule has 13 heavy (non-hydrogen) atoms. The van der Waals surface area contributed by atoms with Gasteiger partial charge in [-0.25, -0.2) is 0 Å². The fraction of sp³-hybridized carbons (Fsp3) is 1.00. The number of rotatable bonds is 0. The average molecular weight is 185 g/mol. The summed E-state index contributed by atoms with van der Waals surface area (Å²) in [6.07, 6.45) is 7.41. The Morgan fingerprint density at radius 2 is 1.69 bits per heavy atom. The minimum absolute atomic E-state index is 0.786. The molecule has 2 N–H and O–H groups in total. The van der Waals surface area contributed by atoms with Crippen LogP contribution in [0, 0.1) is 11.8 Å². The minimum atomic E-state index is 0.786. The molecule has 3 unspecified atom stereocenters. The van der Waals surface area contributed by atoms with E-state index in [1.54, 1.807) is 0 Å². The Morgan fingerprint density at radius 1 is 1.08 bits per heavy atom. The number of hydrogen-bond donors (Lipinski definition) is 2. The van der Waals surface area contributed by atoms with E-state index in [9.17, 15) is 0 Å². The van der Waals surface area contributed by atoms with E-state index in [1.807, 2.05) is 0 Å². The lowest BCUT2D eigenvalue weighted by atomic mass is 9.74. The highest BCUT2D eigenvalue weighted by atomic mass is 16.2. The number of aliphatic hydroxyl groups is 1. The van der Waals surface area contributed by atoms with Crippen molar-refractivity contribution in [1.82, 2.24) is 5.32 Å². The van der Waals surface area contributed by atoms with Crippen molar-refractivity contribution in [3.63, 3.8) is 0 Å². The second kappa shape index (κ2) is 5.61. The predicted molar refractivity (Wildman–Crippen MR) is 55.7 cm³/mol. The summed E-state index contributed by atoms with van der Waals surface area (Å²) in [5.74, 6) is 2.10. The smallest absolute Gasteiger partial charge is 0.0319 e. The Morgan fingerprint density at radius 3 is 2.38 bits per heavy atom. The Hall–Kier alpha value is -0.0800. The third kappa shape index (κ3) is 2.96. The van der Waals surface area contributed by atoms with E-state index in [4.69, 9.17) is 5.11 Å². The van der Waals surface area contributed by atoms with Crippen molar-refractivity contribution in [2.75, 3.05) is 13.7 Å². The van der Waals surface area contributed by atoms with Gasteiger partial charge in [0, 0.05) is 13.2 Å². The summed E-state index contributed by atoms with van der Waals surface area (Å²) in [6, 6.07) is 0.786. The van der Waals surface area contributed by atoms with Gasteiger partial charge in [-0.1, -0.05) is 19.3 Å². The van der Waals surface area contributed by atoms with Crippen LogP contribution in [0.2, 0.25) is 0 Å². The van der Waals surface area contributed by atoms with Crippen molar-refractivity contribution in [2.45, 2.75) is 45.1 Å². The molecule has 0 radical (unpaired) electrons. The zero-order valence-electron chi connectivity index (χ0n) is 8.92. The first-order valence-electron chi connectivity index (χ1n) is 5.54. The Kier molecular flexibility index (Phi) is 4.74. The Bertz CT molecular complexity index is 138. The summed E-state index contributed by atoms with van der Waals surface area (Å²) < 4.78 is 0. The van der Waals surface area contributed by atoms with Crippen LogP contribution in [0.4, 0.5) is 0 Å². The van der Waals surface area contributed by atoms with Gasteiger partial charge in [0.05, 0.1) is 0 Å². The van der Waals surface area contributed by atoms with Crippen molar-refractivity contribution in [3.8, 4) is 0 Å². The van der Waals surface area contributed by atoms with Gasteiger partial charge in [0.25, 0.3) is 0 Å². The molecule has 2 nitrogen and oxygen atoms in total. The summed E-state index contributed by atoms with van der Waals surface area (Å²) in [4.78, 5) is 0. The highest BCUT2D eigenvalue weighted by molar-refractivity contribution is 4.84. The van der Waals surface area contributed by atoms with Gasteiger partial charge in [0.2, 0.25) is 0 Å². The zero-order chi connectivity index (χ0) is 9.68. The van der Waals surface area contributed by atoms with Crippen molar-refractivity contribution in [3.05, 3.63) is 0 Å². The molecule has 1 aliphatic heterocycles. The number of fused-ring (bicyclic) bond motifs is 1. The van der Waals surface area contributed by atoms with Crippen LogP contribution in [0.25, 0.3) is 0 Å². The monoisotopic (exact) mass is 185 g/mol. The molecule has 0 amide bonds. The zero-order valence-corrected chi connectivity index (χ0v) is 8.92. The fourth-order valence-electron chi connectivity index (χ4n) is 2.75. The van der Waals surface area contributed by atoms with Crippen LogP contribution in [-0.4, -0.2) is 24.8 Å². The number of aliphatic hydroxyl groups excluding tert-OH is 1. The topological polar surface area (TPSA) is 32.3 Å². The molecule has 78 valence electrons. The minimum Gasteiger partial charge on any atom is -0.400 e. The third-order valence-electron chi connectivity index (χ3n) is 3.45. The first-order valence-corrected chi connectivity index (χ1v) is 5.54. The third-order valence-corrected chi connectivity index (χ3v) is 3.45. The second-order valence-corrected chi connectivity index (χ2v) is 4.35. The van der Waals surface area contributed by atoms with Gasteiger partial charge >= 0.3 is 0 Å². The van der Waals surface area contributed by atoms with E-state index in [-0.39, 0.29) is 0 Å². The largest absolute Gasteiger partial charge is 0.400 e. The summed E-state index contributed by atoms with van der Waals surface area (Å²) in [5.41, 5.74) is 0. The highest BCUT2D eigenvalue weighted by Gasteiger charge is 2.29. The molecule has 0 aromatic heterocycles. The number of hydrogen-bond acceptors (Lipinski definition) is 2. The molecule has 1 saturated heterocycles. The lowest BCUT2D eigenvalue weighted by Crippen LogP contribution is -2.43. The Balaban J connectivity index is 0.000000396. The van der Waals surface area contributed by atoms with Crippen molar-refractivity contribution in [1.29, 1.82) is 0 Å². The SMILES string of the molecule is CC1CC2CCCCC2CN1.CO. The van der Waals surface area contributed by atoms with Crippen LogP contribution in [0.15, 0.2) is 0 Å². The van der Waals surface area contributed by atoms with Crippen molar-refractivity contribution >= 4 is 0 Å². The lowest BCUT2D eigenvalue weighted by molar-refractivity contribution is 0.159. The van der Waals surface area contributed by atoms with Crippen LogP contribution in [0.5, 0.6) is 0 Å². The average Bonchev–Trinajstić information content (AvgIpc) is 2.21. The molecule has 0 bridgehead atoms. The van der Waals surface area contributed by atoms with E-state index < -0.39 is 0 Å². The summed E-state index contributed by atoms with van der Waals surface area (Å²) >= 11 is 0. The van der Waals surface area contributed by atoms with E-state index in [1.165, 1.54) is 38.6 Å². The molecule has 0 aromatic carbocycles. The molecule has 1 saturated carbocycles. The first kappa shape index (κ1) is 11.0. The lowest BCUT2D eigenvalue weighted by Gasteiger charge is -2.38. The van der Waals surface area contributed by atoms with Gasteiger partial charge in [-0.15, -0.1) is 0 Å². The molecule has 2 rings (SSSR count). The molecule has 3 atom stereocenters. The fourth-order valence-corrected chi connectivity index (χ4v) is 2.75. The van der Waals surface area contributed by atoms with Gasteiger partial charge < -0.3 is 10.4 Å². The normalized spacial score (nSPS) is 38.5. The molecule has 2 fully saturated rings. The molecular formula is C11H23NO. The number of piperidine rings is 1. The van der Waals surface area contributed by atoms with Gasteiger partial charge in [-0.2, -0.15) is 0 Å². The molecule has 2 heteroatoms. The number of nitrogens with one attached hydrogen (secondary N) is 1. The van der Waals surface area contributed by atoms with Gasteiger partial charge in [-0.3, -0.25) is 0 Å². The van der Waals surface area contributed by atoms with Crippen LogP contribution < -0.4 is 5.32 Å².